The van der Waals surface area contributed by atoms with Gasteiger partial charge in [0.2, 0.25) is 0 Å². The molecule has 0 N–H and O–H groups in total. The normalized spacial score (nSPS) is 10.1. The Morgan fingerprint density at radius 3 is 1.86 bits per heavy atom. The number of hydrogen-bond donors (Lipinski definition) is 0. The minimum atomic E-state index is 0.328. The SMILES string of the molecule is CC#CC(C)(C)[SiH3]. The monoisotopic (exact) mass is 112 g/mol. The van der Waals surface area contributed by atoms with Crippen LogP contribution in [0.2, 0.25) is 5.04 Å². The largest absolute Gasteiger partial charge is 0.107 e. The Labute approximate surface area is 48.7 Å². The predicted octanol–water partition coefficient (Wildman–Crippen LogP) is 0.574. The maximum Gasteiger partial charge on any atom is 0.0250 e. The Bertz CT molecular complexity index is 97.6. The molecule has 0 saturated carbocycles. The van der Waals surface area contributed by atoms with Gasteiger partial charge < -0.3 is 0 Å². The zero-order chi connectivity index (χ0) is 5.91. The van der Waals surface area contributed by atoms with Crippen molar-refractivity contribution in [2.75, 3.05) is 0 Å². The number of hydrogen-bond acceptors (Lipinski definition) is 0. The lowest BCUT2D eigenvalue weighted by atomic mass is 10.2. The molecule has 0 spiro atoms. The maximum absolute atomic E-state index is 3.10. The van der Waals surface area contributed by atoms with Gasteiger partial charge in [0, 0.05) is 15.3 Å². The molecule has 0 rings (SSSR count). The molecule has 0 bridgehead atoms. The van der Waals surface area contributed by atoms with Gasteiger partial charge >= 0.3 is 0 Å². The summed E-state index contributed by atoms with van der Waals surface area (Å²) in [5.74, 6) is 5.99. The molecular formula is C6H12Si. The quantitative estimate of drug-likeness (QED) is 0.317. The van der Waals surface area contributed by atoms with Crippen molar-refractivity contribution in [3.63, 3.8) is 0 Å². The van der Waals surface area contributed by atoms with Gasteiger partial charge in [0.25, 0.3) is 0 Å². The van der Waals surface area contributed by atoms with Crippen molar-refractivity contribution < 1.29 is 0 Å². The summed E-state index contributed by atoms with van der Waals surface area (Å²) in [6.07, 6.45) is 0. The lowest BCUT2D eigenvalue weighted by molar-refractivity contribution is 0.895. The van der Waals surface area contributed by atoms with Gasteiger partial charge in [-0.15, -0.1) is 11.8 Å². The van der Waals surface area contributed by atoms with Gasteiger partial charge in [-0.3, -0.25) is 0 Å². The zero-order valence-corrected chi connectivity index (χ0v) is 7.50. The summed E-state index contributed by atoms with van der Waals surface area (Å²) in [6, 6.07) is 0. The molecule has 40 valence electrons. The van der Waals surface area contributed by atoms with E-state index in [0.29, 0.717) is 5.04 Å². The average Bonchev–Trinajstić information content (AvgIpc) is 1.30. The van der Waals surface area contributed by atoms with Gasteiger partial charge in [-0.25, -0.2) is 0 Å². The van der Waals surface area contributed by atoms with E-state index in [2.05, 4.69) is 25.7 Å². The summed E-state index contributed by atoms with van der Waals surface area (Å²) < 4.78 is 0. The van der Waals surface area contributed by atoms with Gasteiger partial charge in [-0.1, -0.05) is 13.8 Å². The Kier molecular flexibility index (Phi) is 2.11. The van der Waals surface area contributed by atoms with E-state index < -0.39 is 0 Å². The van der Waals surface area contributed by atoms with Crippen LogP contribution in [0.4, 0.5) is 0 Å². The molecule has 0 aromatic rings. The molecule has 0 atom stereocenters. The first-order valence-corrected chi connectivity index (χ1v) is 3.50. The molecule has 0 unspecified atom stereocenters. The third-order valence-corrected chi connectivity index (χ3v) is 0.750. The van der Waals surface area contributed by atoms with E-state index in [1.807, 2.05) is 6.92 Å². The summed E-state index contributed by atoms with van der Waals surface area (Å²) >= 11 is 0. The van der Waals surface area contributed by atoms with E-state index >= 15 is 0 Å². The second-order valence-electron chi connectivity index (χ2n) is 2.62. The Morgan fingerprint density at radius 1 is 1.43 bits per heavy atom. The highest BCUT2D eigenvalue weighted by atomic mass is 28.1. The van der Waals surface area contributed by atoms with Crippen LogP contribution in [-0.4, -0.2) is 10.2 Å². The van der Waals surface area contributed by atoms with E-state index in [-0.39, 0.29) is 0 Å². The molecule has 0 nitrogen and oxygen atoms in total. The minimum Gasteiger partial charge on any atom is -0.107 e. The van der Waals surface area contributed by atoms with Crippen molar-refractivity contribution >= 4 is 10.2 Å². The Morgan fingerprint density at radius 2 is 1.86 bits per heavy atom. The first-order valence-electron chi connectivity index (χ1n) is 2.50. The molecule has 0 aliphatic heterocycles. The van der Waals surface area contributed by atoms with E-state index in [9.17, 15) is 0 Å². The van der Waals surface area contributed by atoms with Crippen LogP contribution >= 0.6 is 0 Å². The van der Waals surface area contributed by atoms with Crippen LogP contribution in [0.25, 0.3) is 0 Å². The molecule has 0 saturated heterocycles. The predicted molar refractivity (Wildman–Crippen MR) is 37.4 cm³/mol. The average molecular weight is 112 g/mol. The van der Waals surface area contributed by atoms with Gasteiger partial charge in [0.1, 0.15) is 0 Å². The van der Waals surface area contributed by atoms with Gasteiger partial charge in [0.15, 0.2) is 0 Å². The van der Waals surface area contributed by atoms with Gasteiger partial charge in [-0.05, 0) is 6.92 Å². The highest BCUT2D eigenvalue weighted by Gasteiger charge is 2.01. The lowest BCUT2D eigenvalue weighted by Crippen LogP contribution is -1.95. The Balaban J connectivity index is 3.72. The zero-order valence-electron chi connectivity index (χ0n) is 5.50. The second-order valence-corrected chi connectivity index (χ2v) is 5.12. The molecule has 0 fully saturated rings. The van der Waals surface area contributed by atoms with Crippen LogP contribution in [0.1, 0.15) is 20.8 Å². The standard InChI is InChI=1S/C6H12Si/c1-4-5-6(2,3)7/h1-3,7H3. The second kappa shape index (κ2) is 2.18. The van der Waals surface area contributed by atoms with Crippen molar-refractivity contribution in [3.05, 3.63) is 0 Å². The van der Waals surface area contributed by atoms with Crippen molar-refractivity contribution in [2.24, 2.45) is 0 Å². The minimum absolute atomic E-state index is 0.328. The first kappa shape index (κ1) is 6.78. The van der Waals surface area contributed by atoms with E-state index in [0.717, 1.165) is 10.2 Å². The summed E-state index contributed by atoms with van der Waals surface area (Å²) in [7, 11) is 1.16. The number of rotatable bonds is 0. The fourth-order valence-corrected chi connectivity index (χ4v) is 0.625. The first-order chi connectivity index (χ1) is 3.06. The molecule has 1 heteroatoms. The van der Waals surface area contributed by atoms with Crippen LogP contribution in [0.3, 0.4) is 0 Å². The molecule has 0 heterocycles. The summed E-state index contributed by atoms with van der Waals surface area (Å²) in [5, 5.41) is 0.328. The highest BCUT2D eigenvalue weighted by Crippen LogP contribution is 2.14. The van der Waals surface area contributed by atoms with E-state index in [1.165, 1.54) is 0 Å². The highest BCUT2D eigenvalue weighted by molar-refractivity contribution is 6.16. The van der Waals surface area contributed by atoms with Crippen LogP contribution in [0.5, 0.6) is 0 Å². The van der Waals surface area contributed by atoms with Crippen molar-refractivity contribution in [1.82, 2.24) is 0 Å². The fourth-order valence-electron chi connectivity index (χ4n) is 0.375. The van der Waals surface area contributed by atoms with Crippen LogP contribution < -0.4 is 0 Å². The van der Waals surface area contributed by atoms with Crippen LogP contribution in [-0.2, 0) is 0 Å². The van der Waals surface area contributed by atoms with Crippen molar-refractivity contribution in [1.29, 1.82) is 0 Å². The fraction of sp³-hybridized carbons (Fsp3) is 0.667. The molecule has 0 aliphatic carbocycles. The summed E-state index contributed by atoms with van der Waals surface area (Å²) in [6.45, 7) is 6.21. The molecule has 0 aromatic heterocycles. The smallest absolute Gasteiger partial charge is 0.0250 e. The third-order valence-electron chi connectivity index (χ3n) is 0.500. The summed E-state index contributed by atoms with van der Waals surface area (Å²) in [5.41, 5.74) is 0. The van der Waals surface area contributed by atoms with Crippen LogP contribution in [0, 0.1) is 11.8 Å². The van der Waals surface area contributed by atoms with Gasteiger partial charge in [-0.2, -0.15) is 0 Å². The third kappa shape index (κ3) is 5.78. The molecular weight excluding hydrogens is 100 g/mol. The lowest BCUT2D eigenvalue weighted by Gasteiger charge is -2.05. The summed E-state index contributed by atoms with van der Waals surface area (Å²) in [4.78, 5) is 0. The maximum atomic E-state index is 3.10. The molecule has 0 amide bonds. The molecule has 7 heavy (non-hydrogen) atoms. The molecule has 0 radical (unpaired) electrons. The topological polar surface area (TPSA) is 0 Å². The van der Waals surface area contributed by atoms with Crippen molar-refractivity contribution in [2.45, 2.75) is 25.8 Å². The molecule has 0 aliphatic rings. The van der Waals surface area contributed by atoms with Crippen LogP contribution in [0.15, 0.2) is 0 Å². The molecule has 0 aromatic carbocycles. The van der Waals surface area contributed by atoms with E-state index in [1.54, 1.807) is 0 Å². The van der Waals surface area contributed by atoms with E-state index in [4.69, 9.17) is 0 Å². The van der Waals surface area contributed by atoms with Crippen molar-refractivity contribution in [3.8, 4) is 11.8 Å². The Hall–Kier alpha value is -0.223. The van der Waals surface area contributed by atoms with Gasteiger partial charge in [0.05, 0.1) is 0 Å².